The molecule has 0 amide bonds. The molecule has 0 aliphatic rings. The van der Waals surface area contributed by atoms with Crippen molar-refractivity contribution < 1.29 is 14.3 Å². The van der Waals surface area contributed by atoms with Crippen molar-refractivity contribution in [2.45, 2.75) is 20.3 Å². The molecule has 0 spiro atoms. The topological polar surface area (TPSA) is 63.3 Å². The summed E-state index contributed by atoms with van der Waals surface area (Å²) in [6.45, 7) is 3.31. The van der Waals surface area contributed by atoms with E-state index < -0.39 is 11.4 Å². The average molecular weight is 219 g/mol. The maximum Gasteiger partial charge on any atom is 0.309 e. The SMILES string of the molecule is CC(C)(Cc1nc2ccccc2o1)C(=O)O. The number of oxazole rings is 1. The zero-order valence-corrected chi connectivity index (χ0v) is 9.23. The van der Waals surface area contributed by atoms with Crippen LogP contribution in [0.15, 0.2) is 28.7 Å². The number of benzene rings is 1. The van der Waals surface area contributed by atoms with Crippen LogP contribution >= 0.6 is 0 Å². The molecule has 1 heterocycles. The van der Waals surface area contributed by atoms with E-state index in [1.54, 1.807) is 13.8 Å². The van der Waals surface area contributed by atoms with Gasteiger partial charge in [-0.3, -0.25) is 4.79 Å². The van der Waals surface area contributed by atoms with E-state index in [-0.39, 0.29) is 6.42 Å². The monoisotopic (exact) mass is 219 g/mol. The average Bonchev–Trinajstić information content (AvgIpc) is 2.58. The van der Waals surface area contributed by atoms with Gasteiger partial charge in [0.25, 0.3) is 0 Å². The van der Waals surface area contributed by atoms with E-state index in [9.17, 15) is 4.79 Å². The fourth-order valence-corrected chi connectivity index (χ4v) is 1.45. The third kappa shape index (κ3) is 1.91. The lowest BCUT2D eigenvalue weighted by molar-refractivity contribution is -0.147. The second-order valence-electron chi connectivity index (χ2n) is 4.44. The van der Waals surface area contributed by atoms with Crippen molar-refractivity contribution in [1.29, 1.82) is 0 Å². The molecule has 1 N–H and O–H groups in total. The summed E-state index contributed by atoms with van der Waals surface area (Å²) in [5.41, 5.74) is 0.596. The molecule has 0 aliphatic carbocycles. The van der Waals surface area contributed by atoms with Gasteiger partial charge >= 0.3 is 5.97 Å². The maximum atomic E-state index is 11.0. The lowest BCUT2D eigenvalue weighted by Crippen LogP contribution is -2.26. The molecule has 4 nitrogen and oxygen atoms in total. The third-order valence-electron chi connectivity index (χ3n) is 2.51. The molecule has 2 rings (SSSR count). The van der Waals surface area contributed by atoms with Crippen molar-refractivity contribution in [3.63, 3.8) is 0 Å². The Kier molecular flexibility index (Phi) is 2.42. The first-order valence-electron chi connectivity index (χ1n) is 5.07. The molecule has 0 saturated carbocycles. The molecular formula is C12H13NO3. The molecule has 0 atom stereocenters. The van der Waals surface area contributed by atoms with Crippen molar-refractivity contribution in [1.82, 2.24) is 4.98 Å². The van der Waals surface area contributed by atoms with Gasteiger partial charge in [0.2, 0.25) is 0 Å². The minimum atomic E-state index is -0.860. The van der Waals surface area contributed by atoms with Crippen LogP contribution in [0.3, 0.4) is 0 Å². The van der Waals surface area contributed by atoms with Gasteiger partial charge in [-0.15, -0.1) is 0 Å². The first kappa shape index (κ1) is 10.7. The minimum absolute atomic E-state index is 0.289. The van der Waals surface area contributed by atoms with Gasteiger partial charge in [-0.05, 0) is 26.0 Å². The van der Waals surface area contributed by atoms with Crippen LogP contribution in [0.2, 0.25) is 0 Å². The molecule has 1 aromatic heterocycles. The van der Waals surface area contributed by atoms with Crippen molar-refractivity contribution in [3.8, 4) is 0 Å². The molecule has 0 bridgehead atoms. The van der Waals surface area contributed by atoms with Crippen LogP contribution in [0.25, 0.3) is 11.1 Å². The van der Waals surface area contributed by atoms with Crippen LogP contribution in [0.4, 0.5) is 0 Å². The van der Waals surface area contributed by atoms with Gasteiger partial charge in [-0.25, -0.2) is 4.98 Å². The van der Waals surface area contributed by atoms with Crippen molar-refractivity contribution >= 4 is 17.1 Å². The van der Waals surface area contributed by atoms with Gasteiger partial charge in [0.15, 0.2) is 11.5 Å². The lowest BCUT2D eigenvalue weighted by Gasteiger charge is -2.15. The van der Waals surface area contributed by atoms with Gasteiger partial charge < -0.3 is 9.52 Å². The summed E-state index contributed by atoms with van der Waals surface area (Å²) in [6.07, 6.45) is 0.289. The quantitative estimate of drug-likeness (QED) is 0.861. The van der Waals surface area contributed by atoms with E-state index in [2.05, 4.69) is 4.98 Å². The number of aliphatic carboxylic acids is 1. The second-order valence-corrected chi connectivity index (χ2v) is 4.44. The molecule has 0 fully saturated rings. The minimum Gasteiger partial charge on any atom is -0.481 e. The molecular weight excluding hydrogens is 206 g/mol. The number of aromatic nitrogens is 1. The van der Waals surface area contributed by atoms with Crippen LogP contribution in [0, 0.1) is 5.41 Å². The summed E-state index contributed by atoms with van der Waals surface area (Å²) in [6, 6.07) is 7.40. The fraction of sp³-hybridized carbons (Fsp3) is 0.333. The Balaban J connectivity index is 2.32. The molecule has 0 aliphatic heterocycles. The van der Waals surface area contributed by atoms with Crippen LogP contribution in [0.1, 0.15) is 19.7 Å². The van der Waals surface area contributed by atoms with Crippen LogP contribution in [-0.4, -0.2) is 16.1 Å². The summed E-state index contributed by atoms with van der Waals surface area (Å²) in [5.74, 6) is -0.386. The summed E-state index contributed by atoms with van der Waals surface area (Å²) < 4.78 is 5.48. The predicted molar refractivity (Wildman–Crippen MR) is 59.1 cm³/mol. The number of para-hydroxylation sites is 2. The zero-order valence-electron chi connectivity index (χ0n) is 9.23. The molecule has 16 heavy (non-hydrogen) atoms. The number of hydrogen-bond donors (Lipinski definition) is 1. The van der Waals surface area contributed by atoms with Gasteiger partial charge in [0, 0.05) is 6.42 Å². The molecule has 2 aromatic rings. The summed E-state index contributed by atoms with van der Waals surface area (Å²) in [5, 5.41) is 9.01. The predicted octanol–water partition coefficient (Wildman–Crippen LogP) is 2.48. The highest BCUT2D eigenvalue weighted by Gasteiger charge is 2.29. The van der Waals surface area contributed by atoms with Crippen molar-refractivity contribution in [2.24, 2.45) is 5.41 Å². The Bertz CT molecular complexity index is 495. The summed E-state index contributed by atoms with van der Waals surface area (Å²) >= 11 is 0. The van der Waals surface area contributed by atoms with Crippen molar-refractivity contribution in [3.05, 3.63) is 30.2 Å². The number of carboxylic acid groups (broad SMARTS) is 1. The first-order valence-corrected chi connectivity index (χ1v) is 5.07. The van der Waals surface area contributed by atoms with Crippen LogP contribution < -0.4 is 0 Å². The fourth-order valence-electron chi connectivity index (χ4n) is 1.45. The number of rotatable bonds is 3. The van der Waals surface area contributed by atoms with E-state index in [0.717, 1.165) is 5.52 Å². The Morgan fingerprint density at radius 3 is 2.75 bits per heavy atom. The third-order valence-corrected chi connectivity index (χ3v) is 2.51. The van der Waals surface area contributed by atoms with Gasteiger partial charge in [-0.2, -0.15) is 0 Å². The highest BCUT2D eigenvalue weighted by Crippen LogP contribution is 2.24. The molecule has 84 valence electrons. The normalized spacial score (nSPS) is 11.9. The first-order chi connectivity index (χ1) is 7.49. The number of carbonyl (C=O) groups is 1. The summed E-state index contributed by atoms with van der Waals surface area (Å²) in [4.78, 5) is 15.2. The zero-order chi connectivity index (χ0) is 11.8. The molecule has 0 saturated heterocycles. The Morgan fingerprint density at radius 1 is 1.44 bits per heavy atom. The molecule has 1 aromatic carbocycles. The number of carboxylic acids is 1. The van der Waals surface area contributed by atoms with Gasteiger partial charge in [0.05, 0.1) is 5.41 Å². The Morgan fingerprint density at radius 2 is 2.12 bits per heavy atom. The largest absolute Gasteiger partial charge is 0.481 e. The van der Waals surface area contributed by atoms with E-state index in [4.69, 9.17) is 9.52 Å². The Labute approximate surface area is 92.9 Å². The van der Waals surface area contributed by atoms with Crippen LogP contribution in [-0.2, 0) is 11.2 Å². The number of nitrogens with zero attached hydrogens (tertiary/aromatic N) is 1. The molecule has 0 unspecified atom stereocenters. The standard InChI is InChI=1S/C12H13NO3/c1-12(2,11(14)15)7-10-13-8-5-3-4-6-9(8)16-10/h3-6H,7H2,1-2H3,(H,14,15). The summed E-state index contributed by atoms with van der Waals surface area (Å²) in [7, 11) is 0. The van der Waals surface area contributed by atoms with Gasteiger partial charge in [-0.1, -0.05) is 12.1 Å². The molecule has 4 heteroatoms. The van der Waals surface area contributed by atoms with Crippen molar-refractivity contribution in [2.75, 3.05) is 0 Å². The van der Waals surface area contributed by atoms with Crippen LogP contribution in [0.5, 0.6) is 0 Å². The van der Waals surface area contributed by atoms with E-state index in [0.29, 0.717) is 11.5 Å². The highest BCUT2D eigenvalue weighted by molar-refractivity contribution is 5.75. The van der Waals surface area contributed by atoms with E-state index in [1.165, 1.54) is 0 Å². The van der Waals surface area contributed by atoms with E-state index >= 15 is 0 Å². The maximum absolute atomic E-state index is 11.0. The second kappa shape index (κ2) is 3.63. The molecule has 0 radical (unpaired) electrons. The highest BCUT2D eigenvalue weighted by atomic mass is 16.4. The van der Waals surface area contributed by atoms with Gasteiger partial charge in [0.1, 0.15) is 5.52 Å². The lowest BCUT2D eigenvalue weighted by atomic mass is 9.90. The number of fused-ring (bicyclic) bond motifs is 1. The smallest absolute Gasteiger partial charge is 0.309 e. The number of hydrogen-bond acceptors (Lipinski definition) is 3. The van der Waals surface area contributed by atoms with E-state index in [1.807, 2.05) is 24.3 Å². The Hall–Kier alpha value is -1.84.